The maximum Gasteiger partial charge on any atom is 0.453 e. The molecular formula is C11H10F10O5. The fourth-order valence-corrected chi connectivity index (χ4v) is 0.948. The van der Waals surface area contributed by atoms with Crippen LogP contribution >= 0.6 is 0 Å². The Labute approximate surface area is 138 Å². The lowest BCUT2D eigenvalue weighted by atomic mass is 10.4. The third-order valence-corrected chi connectivity index (χ3v) is 2.19. The van der Waals surface area contributed by atoms with Gasteiger partial charge in [0, 0.05) is 12.7 Å². The van der Waals surface area contributed by atoms with E-state index in [4.69, 9.17) is 0 Å². The molecule has 15 heteroatoms. The van der Waals surface area contributed by atoms with Crippen LogP contribution in [0.1, 0.15) is 6.92 Å². The van der Waals surface area contributed by atoms with Crippen LogP contribution in [0, 0.1) is 0 Å². The first-order chi connectivity index (χ1) is 11.3. The van der Waals surface area contributed by atoms with Crippen molar-refractivity contribution in [3.63, 3.8) is 0 Å². The van der Waals surface area contributed by atoms with Gasteiger partial charge in [-0.05, 0) is 6.92 Å². The minimum Gasteiger partial charge on any atom is -0.453 e. The summed E-state index contributed by atoms with van der Waals surface area (Å²) in [6.07, 6.45) is -30.8. The molecule has 0 aromatic rings. The summed E-state index contributed by atoms with van der Waals surface area (Å²) < 4.78 is 140. The summed E-state index contributed by atoms with van der Waals surface area (Å²) in [5, 5.41) is 0. The Bertz CT molecular complexity index is 533. The fraction of sp³-hybridized carbons (Fsp3) is 0.727. The van der Waals surface area contributed by atoms with Crippen molar-refractivity contribution in [2.24, 2.45) is 0 Å². The fourth-order valence-electron chi connectivity index (χ4n) is 0.948. The number of rotatable bonds is 10. The average molecular weight is 412 g/mol. The van der Waals surface area contributed by atoms with Gasteiger partial charge in [0.2, 0.25) is 0 Å². The molecule has 0 spiro atoms. The van der Waals surface area contributed by atoms with E-state index in [0.29, 0.717) is 0 Å². The minimum atomic E-state index is -6.68. The summed E-state index contributed by atoms with van der Waals surface area (Å²) in [4.78, 5) is 10.8. The van der Waals surface area contributed by atoms with E-state index in [2.05, 4.69) is 20.8 Å². The predicted octanol–water partition coefficient (Wildman–Crippen LogP) is 3.75. The van der Waals surface area contributed by atoms with Gasteiger partial charge in [-0.3, -0.25) is 0 Å². The first kappa shape index (κ1) is 24.4. The van der Waals surface area contributed by atoms with Gasteiger partial charge in [-0.1, -0.05) is 6.58 Å². The van der Waals surface area contributed by atoms with E-state index < -0.39 is 48.7 Å². The largest absolute Gasteiger partial charge is 0.453 e. The molecule has 0 aliphatic carbocycles. The van der Waals surface area contributed by atoms with Crippen molar-refractivity contribution in [3.8, 4) is 0 Å². The molecule has 0 aliphatic rings. The SMILES string of the molecule is C=C(C)C(=O)OCC(F)(F)OC(F)(F)C(F)(F)OC(F)(F)C(F)(F)OC. The van der Waals surface area contributed by atoms with Crippen molar-refractivity contribution in [1.82, 2.24) is 0 Å². The van der Waals surface area contributed by atoms with Crippen LogP contribution in [-0.4, -0.2) is 50.2 Å². The number of hydrogen-bond donors (Lipinski definition) is 0. The molecule has 0 saturated carbocycles. The van der Waals surface area contributed by atoms with Crippen LogP contribution in [0.25, 0.3) is 0 Å². The zero-order chi connectivity index (χ0) is 21.2. The Kier molecular flexibility index (Phi) is 7.09. The van der Waals surface area contributed by atoms with Crippen molar-refractivity contribution < 1.29 is 67.6 Å². The van der Waals surface area contributed by atoms with Crippen molar-refractivity contribution >= 4 is 5.97 Å². The Morgan fingerprint density at radius 3 is 1.58 bits per heavy atom. The van der Waals surface area contributed by atoms with E-state index in [1.807, 2.05) is 4.74 Å². The monoisotopic (exact) mass is 412 g/mol. The average Bonchev–Trinajstić information content (AvgIpc) is 2.41. The van der Waals surface area contributed by atoms with Gasteiger partial charge in [-0.25, -0.2) is 14.3 Å². The molecule has 0 rings (SSSR count). The molecule has 0 aromatic heterocycles. The minimum absolute atomic E-state index is 0.103. The molecule has 0 unspecified atom stereocenters. The van der Waals surface area contributed by atoms with Crippen molar-refractivity contribution in [3.05, 3.63) is 12.2 Å². The highest BCUT2D eigenvalue weighted by Crippen LogP contribution is 2.47. The second kappa shape index (κ2) is 7.56. The standard InChI is InChI=1S/C11H10F10O5/c1-5(2)6(22)24-4-7(12,13)25-10(18,19)11(20,21)26-9(16,17)8(14,15)23-3/h1,4H2,2-3H3. The van der Waals surface area contributed by atoms with Gasteiger partial charge >= 0.3 is 36.5 Å². The molecule has 0 amide bonds. The van der Waals surface area contributed by atoms with Crippen molar-refractivity contribution in [1.29, 1.82) is 0 Å². The van der Waals surface area contributed by atoms with Crippen LogP contribution in [-0.2, 0) is 23.7 Å². The van der Waals surface area contributed by atoms with E-state index in [0.717, 1.165) is 6.92 Å². The molecule has 26 heavy (non-hydrogen) atoms. The number of halogens is 10. The third kappa shape index (κ3) is 5.98. The molecule has 0 atom stereocenters. The quantitative estimate of drug-likeness (QED) is 0.311. The number of esters is 1. The summed E-state index contributed by atoms with van der Waals surface area (Å²) in [5.41, 5.74) is -0.484. The second-order valence-corrected chi connectivity index (χ2v) is 4.47. The highest BCUT2D eigenvalue weighted by molar-refractivity contribution is 5.86. The van der Waals surface area contributed by atoms with Gasteiger partial charge in [0.15, 0.2) is 6.61 Å². The molecule has 0 fully saturated rings. The van der Waals surface area contributed by atoms with Gasteiger partial charge in [-0.2, -0.15) is 43.9 Å². The van der Waals surface area contributed by atoms with Gasteiger partial charge < -0.3 is 9.47 Å². The lowest BCUT2D eigenvalue weighted by molar-refractivity contribution is -0.544. The Hall–Kier alpha value is -1.61. The predicted molar refractivity (Wildman–Crippen MR) is 59.7 cm³/mol. The van der Waals surface area contributed by atoms with Gasteiger partial charge in [0.05, 0.1) is 0 Å². The van der Waals surface area contributed by atoms with Gasteiger partial charge in [0.25, 0.3) is 0 Å². The number of hydrogen-bond acceptors (Lipinski definition) is 5. The Morgan fingerprint density at radius 1 is 0.808 bits per heavy atom. The third-order valence-electron chi connectivity index (χ3n) is 2.19. The maximum absolute atomic E-state index is 13.0. The molecule has 0 radical (unpaired) electrons. The summed E-state index contributed by atoms with van der Waals surface area (Å²) in [6.45, 7) is 1.53. The highest BCUT2D eigenvalue weighted by Gasteiger charge is 2.72. The smallest absolute Gasteiger partial charge is 0.453 e. The Balaban J connectivity index is 5.27. The van der Waals surface area contributed by atoms with E-state index >= 15 is 0 Å². The van der Waals surface area contributed by atoms with E-state index in [1.54, 1.807) is 0 Å². The summed E-state index contributed by atoms with van der Waals surface area (Å²) >= 11 is 0. The topological polar surface area (TPSA) is 54.0 Å². The zero-order valence-corrected chi connectivity index (χ0v) is 12.7. The molecule has 0 N–H and O–H groups in total. The molecular weight excluding hydrogens is 402 g/mol. The second-order valence-electron chi connectivity index (χ2n) is 4.47. The number of carbonyl (C=O) groups excluding carboxylic acids is 1. The number of ether oxygens (including phenoxy) is 4. The first-order valence-electron chi connectivity index (χ1n) is 5.97. The molecule has 0 saturated heterocycles. The first-order valence-corrected chi connectivity index (χ1v) is 5.97. The zero-order valence-electron chi connectivity index (χ0n) is 12.7. The molecule has 0 aromatic carbocycles. The molecule has 0 heterocycles. The molecule has 5 nitrogen and oxygen atoms in total. The summed E-state index contributed by atoms with van der Waals surface area (Å²) in [5.74, 6) is -1.55. The van der Waals surface area contributed by atoms with E-state index in [1.165, 1.54) is 0 Å². The normalized spacial score (nSPS) is 14.3. The van der Waals surface area contributed by atoms with E-state index in [9.17, 15) is 48.7 Å². The van der Waals surface area contributed by atoms with Crippen LogP contribution in [0.3, 0.4) is 0 Å². The number of methoxy groups -OCH3 is 1. The molecule has 0 bridgehead atoms. The van der Waals surface area contributed by atoms with Crippen LogP contribution < -0.4 is 0 Å². The van der Waals surface area contributed by atoms with E-state index in [-0.39, 0.29) is 7.11 Å². The lowest BCUT2D eigenvalue weighted by Crippen LogP contribution is -2.56. The van der Waals surface area contributed by atoms with Crippen molar-refractivity contribution in [2.75, 3.05) is 13.7 Å². The van der Waals surface area contributed by atoms with Gasteiger partial charge in [-0.15, -0.1) is 0 Å². The van der Waals surface area contributed by atoms with Crippen LogP contribution in [0.2, 0.25) is 0 Å². The number of alkyl halides is 10. The molecule has 154 valence electrons. The van der Waals surface area contributed by atoms with Crippen LogP contribution in [0.15, 0.2) is 12.2 Å². The van der Waals surface area contributed by atoms with Crippen molar-refractivity contribution in [2.45, 2.75) is 37.5 Å². The molecule has 0 aliphatic heterocycles. The summed E-state index contributed by atoms with van der Waals surface area (Å²) in [7, 11) is -0.103. The van der Waals surface area contributed by atoms with Crippen LogP contribution in [0.4, 0.5) is 43.9 Å². The maximum atomic E-state index is 13.0. The van der Waals surface area contributed by atoms with Gasteiger partial charge in [0.1, 0.15) is 0 Å². The lowest BCUT2D eigenvalue weighted by Gasteiger charge is -2.32. The highest BCUT2D eigenvalue weighted by atomic mass is 19.4. The summed E-state index contributed by atoms with van der Waals surface area (Å²) in [6, 6.07) is 0. The Morgan fingerprint density at radius 2 is 1.19 bits per heavy atom. The van der Waals surface area contributed by atoms with Crippen LogP contribution in [0.5, 0.6) is 0 Å². The number of carbonyl (C=O) groups is 1.